The molecule has 0 saturated heterocycles. The van der Waals surface area contributed by atoms with Crippen LogP contribution >= 0.6 is 0 Å². The van der Waals surface area contributed by atoms with Crippen molar-refractivity contribution in [3.8, 4) is 0 Å². The zero-order valence-corrected chi connectivity index (χ0v) is 12.6. The van der Waals surface area contributed by atoms with Gasteiger partial charge in [-0.25, -0.2) is 0 Å². The highest BCUT2D eigenvalue weighted by Gasteiger charge is 2.21. The van der Waals surface area contributed by atoms with Gasteiger partial charge in [0, 0.05) is 12.1 Å². The van der Waals surface area contributed by atoms with Crippen molar-refractivity contribution in [3.05, 3.63) is 52.8 Å². The van der Waals surface area contributed by atoms with Gasteiger partial charge in [-0.15, -0.1) is 0 Å². The van der Waals surface area contributed by atoms with Crippen molar-refractivity contribution in [2.75, 3.05) is 0 Å². The molecule has 0 N–H and O–H groups in total. The molecule has 0 bridgehead atoms. The normalized spacial score (nSPS) is 16.0. The van der Waals surface area contributed by atoms with Gasteiger partial charge < -0.3 is 0 Å². The van der Waals surface area contributed by atoms with E-state index in [1.165, 1.54) is 43.2 Å². The highest BCUT2D eigenvalue weighted by molar-refractivity contribution is 5.76. The number of aryl methyl sites for hydroxylation is 1. The molecule has 0 unspecified atom stereocenters. The van der Waals surface area contributed by atoms with Crippen LogP contribution in [0.1, 0.15) is 65.2 Å². The van der Waals surface area contributed by atoms with Gasteiger partial charge in [-0.05, 0) is 25.3 Å². The summed E-state index contributed by atoms with van der Waals surface area (Å²) in [7, 11) is 0. The number of hydrogen-bond acceptors (Lipinski definition) is 2. The minimum atomic E-state index is 0.471. The number of nitrogens with zero attached hydrogens (tertiary/aromatic N) is 2. The van der Waals surface area contributed by atoms with Crippen molar-refractivity contribution in [2.45, 2.75) is 51.5 Å². The Hall–Kier alpha value is -1.90. The van der Waals surface area contributed by atoms with Crippen molar-refractivity contribution in [3.63, 3.8) is 0 Å². The zero-order chi connectivity index (χ0) is 14.7. The lowest BCUT2D eigenvalue weighted by Gasteiger charge is -2.20. The monoisotopic (exact) mass is 282 g/mol. The first kappa shape index (κ1) is 14.1. The maximum Gasteiger partial charge on any atom is 0.153 e. The largest absolute Gasteiger partial charge is 0.298 e. The van der Waals surface area contributed by atoms with E-state index in [1.54, 1.807) is 0 Å². The number of rotatable bonds is 4. The van der Waals surface area contributed by atoms with Gasteiger partial charge in [0.05, 0.1) is 17.8 Å². The van der Waals surface area contributed by atoms with E-state index >= 15 is 0 Å². The Morgan fingerprint density at radius 2 is 1.90 bits per heavy atom. The Bertz CT molecular complexity index is 607. The van der Waals surface area contributed by atoms with Crippen LogP contribution in [0.3, 0.4) is 0 Å². The summed E-state index contributed by atoms with van der Waals surface area (Å²) >= 11 is 0. The Morgan fingerprint density at radius 1 is 1.19 bits per heavy atom. The predicted octanol–water partition coefficient (Wildman–Crippen LogP) is 4.10. The van der Waals surface area contributed by atoms with Crippen molar-refractivity contribution < 1.29 is 4.79 Å². The number of carbonyl (C=O) groups excluding carboxylic acids is 1. The Morgan fingerprint density at radius 3 is 2.57 bits per heavy atom. The summed E-state index contributed by atoms with van der Waals surface area (Å²) in [6.45, 7) is 2.82. The maximum atomic E-state index is 11.3. The molecular weight excluding hydrogens is 260 g/mol. The third-order valence-electron chi connectivity index (χ3n) is 4.40. The molecule has 3 heteroatoms. The lowest BCUT2D eigenvalue weighted by molar-refractivity contribution is 0.112. The molecule has 21 heavy (non-hydrogen) atoms. The fourth-order valence-electron chi connectivity index (χ4n) is 3.20. The maximum absolute atomic E-state index is 11.3. The molecule has 1 aromatic carbocycles. The summed E-state index contributed by atoms with van der Waals surface area (Å²) in [6.07, 6.45) is 9.03. The molecule has 0 aliphatic heterocycles. The quantitative estimate of drug-likeness (QED) is 0.791. The van der Waals surface area contributed by atoms with E-state index in [-0.39, 0.29) is 0 Å². The molecule has 3 rings (SSSR count). The molecule has 1 aromatic heterocycles. The molecule has 2 aromatic rings. The first-order valence-electron chi connectivity index (χ1n) is 7.84. The van der Waals surface area contributed by atoms with Gasteiger partial charge in [0.2, 0.25) is 0 Å². The topological polar surface area (TPSA) is 34.9 Å². The highest BCUT2D eigenvalue weighted by Crippen LogP contribution is 2.33. The molecule has 110 valence electrons. The average Bonchev–Trinajstić information content (AvgIpc) is 2.93. The predicted molar refractivity (Wildman–Crippen MR) is 83.7 cm³/mol. The minimum Gasteiger partial charge on any atom is -0.298 e. The van der Waals surface area contributed by atoms with E-state index in [2.05, 4.69) is 31.2 Å². The van der Waals surface area contributed by atoms with Crippen LogP contribution in [0.4, 0.5) is 0 Å². The third kappa shape index (κ3) is 3.23. The average molecular weight is 282 g/mol. The van der Waals surface area contributed by atoms with Crippen molar-refractivity contribution >= 4 is 6.29 Å². The highest BCUT2D eigenvalue weighted by atomic mass is 16.1. The molecular formula is C18H22N2O. The van der Waals surface area contributed by atoms with Gasteiger partial charge in [0.25, 0.3) is 0 Å². The molecule has 1 saturated carbocycles. The summed E-state index contributed by atoms with van der Waals surface area (Å²) in [5.41, 5.74) is 4.26. The molecule has 1 aliphatic carbocycles. The fraction of sp³-hybridized carbons (Fsp3) is 0.444. The number of aromatic nitrogens is 2. The number of aldehydes is 1. The SMILES string of the molecule is Cc1ccc(Cn2cc(C=O)c(C3CCCCC3)n2)cc1. The lowest BCUT2D eigenvalue weighted by Crippen LogP contribution is -2.08. The Kier molecular flexibility index (Phi) is 4.18. The third-order valence-corrected chi connectivity index (χ3v) is 4.40. The lowest BCUT2D eigenvalue weighted by atomic mass is 9.86. The molecule has 0 amide bonds. The summed E-state index contributed by atoms with van der Waals surface area (Å²) in [5.74, 6) is 0.471. The number of benzene rings is 1. The van der Waals surface area contributed by atoms with Crippen LogP contribution in [0.2, 0.25) is 0 Å². The standard InChI is InChI=1S/C18H22N2O/c1-14-7-9-15(10-8-14)11-20-12-17(13-21)18(19-20)16-5-3-2-4-6-16/h7-10,12-13,16H,2-6,11H2,1H3. The molecule has 1 aliphatic rings. The zero-order valence-electron chi connectivity index (χ0n) is 12.6. The molecule has 0 spiro atoms. The van der Waals surface area contributed by atoms with Crippen LogP contribution in [0, 0.1) is 6.92 Å². The number of carbonyl (C=O) groups is 1. The van der Waals surface area contributed by atoms with Gasteiger partial charge in [-0.2, -0.15) is 5.10 Å². The molecule has 1 fully saturated rings. The van der Waals surface area contributed by atoms with Gasteiger partial charge in [-0.3, -0.25) is 9.48 Å². The van der Waals surface area contributed by atoms with Crippen LogP contribution in [0.15, 0.2) is 30.5 Å². The summed E-state index contributed by atoms with van der Waals surface area (Å²) in [4.78, 5) is 11.3. The van der Waals surface area contributed by atoms with Crippen molar-refractivity contribution in [2.24, 2.45) is 0 Å². The van der Waals surface area contributed by atoms with E-state index in [0.717, 1.165) is 24.1 Å². The van der Waals surface area contributed by atoms with Crippen LogP contribution < -0.4 is 0 Å². The first-order chi connectivity index (χ1) is 10.3. The molecule has 0 atom stereocenters. The number of hydrogen-bond donors (Lipinski definition) is 0. The van der Waals surface area contributed by atoms with Crippen LogP contribution in [-0.2, 0) is 6.54 Å². The summed E-state index contributed by atoms with van der Waals surface area (Å²) < 4.78 is 1.92. The second-order valence-electron chi connectivity index (χ2n) is 6.11. The van der Waals surface area contributed by atoms with Gasteiger partial charge in [-0.1, -0.05) is 49.1 Å². The smallest absolute Gasteiger partial charge is 0.153 e. The van der Waals surface area contributed by atoms with Crippen LogP contribution in [-0.4, -0.2) is 16.1 Å². The van der Waals surface area contributed by atoms with E-state index < -0.39 is 0 Å². The molecule has 1 heterocycles. The van der Waals surface area contributed by atoms with Gasteiger partial charge >= 0.3 is 0 Å². The van der Waals surface area contributed by atoms with E-state index in [4.69, 9.17) is 5.10 Å². The van der Waals surface area contributed by atoms with Crippen LogP contribution in [0.5, 0.6) is 0 Å². The van der Waals surface area contributed by atoms with E-state index in [9.17, 15) is 4.79 Å². The second-order valence-corrected chi connectivity index (χ2v) is 6.11. The summed E-state index contributed by atoms with van der Waals surface area (Å²) in [5, 5.41) is 4.71. The first-order valence-corrected chi connectivity index (χ1v) is 7.84. The summed E-state index contributed by atoms with van der Waals surface area (Å²) in [6, 6.07) is 8.47. The fourth-order valence-corrected chi connectivity index (χ4v) is 3.20. The van der Waals surface area contributed by atoms with Crippen molar-refractivity contribution in [1.29, 1.82) is 0 Å². The van der Waals surface area contributed by atoms with E-state index in [0.29, 0.717) is 5.92 Å². The Labute approximate surface area is 126 Å². The van der Waals surface area contributed by atoms with Gasteiger partial charge in [0.15, 0.2) is 6.29 Å². The minimum absolute atomic E-state index is 0.471. The van der Waals surface area contributed by atoms with Crippen molar-refractivity contribution in [1.82, 2.24) is 9.78 Å². The van der Waals surface area contributed by atoms with Crippen LogP contribution in [0.25, 0.3) is 0 Å². The van der Waals surface area contributed by atoms with E-state index in [1.807, 2.05) is 10.9 Å². The second kappa shape index (κ2) is 6.25. The molecule has 0 radical (unpaired) electrons. The molecule has 3 nitrogen and oxygen atoms in total. The Balaban J connectivity index is 1.81. The van der Waals surface area contributed by atoms with Gasteiger partial charge in [0.1, 0.15) is 0 Å².